The zero-order chi connectivity index (χ0) is 16.5. The van der Waals surface area contributed by atoms with Gasteiger partial charge in [0.05, 0.1) is 6.04 Å². The molecule has 5 nitrogen and oxygen atoms in total. The minimum atomic E-state index is -4.43. The third-order valence-corrected chi connectivity index (χ3v) is 3.40. The van der Waals surface area contributed by atoms with Gasteiger partial charge in [0.15, 0.2) is 5.69 Å². The molecule has 1 aromatic heterocycles. The molecule has 22 heavy (non-hydrogen) atoms. The van der Waals surface area contributed by atoms with Gasteiger partial charge in [-0.15, -0.1) is 0 Å². The Morgan fingerprint density at radius 2 is 2.05 bits per heavy atom. The fourth-order valence-electron chi connectivity index (χ4n) is 2.50. The Morgan fingerprint density at radius 1 is 1.36 bits per heavy atom. The summed E-state index contributed by atoms with van der Waals surface area (Å²) in [5.74, 6) is 0. The summed E-state index contributed by atoms with van der Waals surface area (Å²) >= 11 is 0. The molecule has 0 unspecified atom stereocenters. The predicted octanol–water partition coefficient (Wildman–Crippen LogP) is 3.52. The number of carbonyl (C=O) groups excluding carboxylic acids is 1. The molecule has 1 saturated carbocycles. The van der Waals surface area contributed by atoms with Gasteiger partial charge in [-0.3, -0.25) is 4.68 Å². The molecule has 2 rings (SSSR count). The van der Waals surface area contributed by atoms with Crippen LogP contribution in [0.5, 0.6) is 0 Å². The van der Waals surface area contributed by atoms with E-state index in [9.17, 15) is 18.0 Å². The average molecular weight is 319 g/mol. The number of halogens is 3. The Labute approximate surface area is 126 Å². The Balaban J connectivity index is 1.90. The van der Waals surface area contributed by atoms with Crippen LogP contribution in [0.15, 0.2) is 12.3 Å². The van der Waals surface area contributed by atoms with Gasteiger partial charge in [-0.2, -0.15) is 18.3 Å². The molecule has 1 amide bonds. The highest BCUT2D eigenvalue weighted by molar-refractivity contribution is 5.68. The molecule has 1 N–H and O–H groups in total. The molecule has 0 bridgehead atoms. The number of ether oxygens (including phenoxy) is 1. The van der Waals surface area contributed by atoms with E-state index in [1.807, 2.05) is 0 Å². The van der Waals surface area contributed by atoms with E-state index in [1.54, 1.807) is 20.8 Å². The summed E-state index contributed by atoms with van der Waals surface area (Å²) in [4.78, 5) is 11.7. The summed E-state index contributed by atoms with van der Waals surface area (Å²) in [7, 11) is 0. The van der Waals surface area contributed by atoms with E-state index < -0.39 is 23.6 Å². The molecule has 0 saturated heterocycles. The fourth-order valence-corrected chi connectivity index (χ4v) is 2.50. The monoisotopic (exact) mass is 319 g/mol. The minimum absolute atomic E-state index is 0.113. The van der Waals surface area contributed by atoms with Crippen LogP contribution in [0.4, 0.5) is 18.0 Å². The first-order valence-electron chi connectivity index (χ1n) is 7.16. The molecule has 1 aliphatic rings. The molecular weight excluding hydrogens is 299 g/mol. The second-order valence-corrected chi connectivity index (χ2v) is 6.49. The van der Waals surface area contributed by atoms with Crippen LogP contribution in [-0.2, 0) is 10.9 Å². The van der Waals surface area contributed by atoms with Crippen molar-refractivity contribution < 1.29 is 22.7 Å². The van der Waals surface area contributed by atoms with Crippen LogP contribution in [0.3, 0.4) is 0 Å². The van der Waals surface area contributed by atoms with Crippen LogP contribution >= 0.6 is 0 Å². The molecule has 0 aromatic carbocycles. The molecule has 0 spiro atoms. The van der Waals surface area contributed by atoms with E-state index in [2.05, 4.69) is 10.4 Å². The van der Waals surface area contributed by atoms with Crippen molar-refractivity contribution in [3.63, 3.8) is 0 Å². The summed E-state index contributed by atoms with van der Waals surface area (Å²) < 4.78 is 44.1. The summed E-state index contributed by atoms with van der Waals surface area (Å²) in [6.45, 7) is 5.31. The normalized spacial score (nSPS) is 22.6. The molecule has 124 valence electrons. The van der Waals surface area contributed by atoms with Gasteiger partial charge in [0, 0.05) is 12.2 Å². The molecule has 0 aliphatic heterocycles. The van der Waals surface area contributed by atoms with E-state index in [-0.39, 0.29) is 12.1 Å². The molecule has 1 aliphatic carbocycles. The predicted molar refractivity (Wildman–Crippen MR) is 73.3 cm³/mol. The van der Waals surface area contributed by atoms with Gasteiger partial charge in [-0.1, -0.05) is 0 Å². The van der Waals surface area contributed by atoms with E-state index in [0.29, 0.717) is 19.3 Å². The van der Waals surface area contributed by atoms with Crippen molar-refractivity contribution >= 4 is 6.09 Å². The number of aromatic nitrogens is 2. The lowest BCUT2D eigenvalue weighted by atomic mass is 10.2. The van der Waals surface area contributed by atoms with Crippen LogP contribution < -0.4 is 5.32 Å². The number of carbonyl (C=O) groups is 1. The Bertz CT molecular complexity index is 534. The number of hydrogen-bond acceptors (Lipinski definition) is 3. The zero-order valence-electron chi connectivity index (χ0n) is 12.8. The molecule has 0 radical (unpaired) electrons. The lowest BCUT2D eigenvalue weighted by molar-refractivity contribution is -0.141. The second kappa shape index (κ2) is 5.81. The van der Waals surface area contributed by atoms with Crippen LogP contribution in [0.1, 0.15) is 51.8 Å². The third-order valence-electron chi connectivity index (χ3n) is 3.40. The number of nitrogens with zero attached hydrogens (tertiary/aromatic N) is 2. The number of alkyl carbamates (subject to hydrolysis) is 1. The molecule has 1 heterocycles. The van der Waals surface area contributed by atoms with Gasteiger partial charge in [0.2, 0.25) is 0 Å². The highest BCUT2D eigenvalue weighted by Crippen LogP contribution is 2.32. The minimum Gasteiger partial charge on any atom is -0.444 e. The highest BCUT2D eigenvalue weighted by Gasteiger charge is 2.35. The van der Waals surface area contributed by atoms with Gasteiger partial charge in [0.1, 0.15) is 5.60 Å². The lowest BCUT2D eigenvalue weighted by Gasteiger charge is -2.21. The Morgan fingerprint density at radius 3 is 2.59 bits per heavy atom. The quantitative estimate of drug-likeness (QED) is 0.907. The van der Waals surface area contributed by atoms with Crippen LogP contribution in [0.2, 0.25) is 0 Å². The number of alkyl halides is 3. The third kappa shape index (κ3) is 4.38. The number of hydrogen-bond donors (Lipinski definition) is 1. The maximum atomic E-state index is 12.5. The first-order chi connectivity index (χ1) is 10.0. The summed E-state index contributed by atoms with van der Waals surface area (Å²) in [6.07, 6.45) is -1.71. The van der Waals surface area contributed by atoms with E-state index >= 15 is 0 Å². The molecule has 2 atom stereocenters. The van der Waals surface area contributed by atoms with Gasteiger partial charge < -0.3 is 10.1 Å². The fraction of sp³-hybridized carbons (Fsp3) is 0.714. The number of amides is 1. The van der Waals surface area contributed by atoms with Gasteiger partial charge in [0.25, 0.3) is 0 Å². The molecule has 1 fully saturated rings. The Kier molecular flexibility index (Phi) is 4.39. The van der Waals surface area contributed by atoms with Gasteiger partial charge in [-0.25, -0.2) is 4.79 Å². The molecular formula is C14H20F3N3O2. The van der Waals surface area contributed by atoms with Crippen LogP contribution in [0.25, 0.3) is 0 Å². The second-order valence-electron chi connectivity index (χ2n) is 6.49. The van der Waals surface area contributed by atoms with E-state index in [0.717, 1.165) is 6.07 Å². The SMILES string of the molecule is CC(C)(C)OC(=O)N[C@H]1CC[C@@H](n2ccc(C(F)(F)F)n2)C1. The smallest absolute Gasteiger partial charge is 0.435 e. The van der Waals surface area contributed by atoms with Crippen molar-refractivity contribution in [1.29, 1.82) is 0 Å². The average Bonchev–Trinajstić information content (AvgIpc) is 2.91. The number of rotatable bonds is 2. The van der Waals surface area contributed by atoms with Crippen molar-refractivity contribution in [1.82, 2.24) is 15.1 Å². The first kappa shape index (κ1) is 16.6. The van der Waals surface area contributed by atoms with Gasteiger partial charge >= 0.3 is 12.3 Å². The van der Waals surface area contributed by atoms with Gasteiger partial charge in [-0.05, 0) is 46.1 Å². The highest BCUT2D eigenvalue weighted by atomic mass is 19.4. The maximum absolute atomic E-state index is 12.5. The summed E-state index contributed by atoms with van der Waals surface area (Å²) in [5, 5.41) is 6.33. The largest absolute Gasteiger partial charge is 0.444 e. The van der Waals surface area contributed by atoms with Crippen LogP contribution in [-0.4, -0.2) is 27.5 Å². The van der Waals surface area contributed by atoms with Crippen molar-refractivity contribution in [3.8, 4) is 0 Å². The zero-order valence-corrected chi connectivity index (χ0v) is 12.8. The number of nitrogens with one attached hydrogen (secondary N) is 1. The van der Waals surface area contributed by atoms with Crippen molar-refractivity contribution in [2.24, 2.45) is 0 Å². The molecule has 1 aromatic rings. The topological polar surface area (TPSA) is 56.1 Å². The molecule has 8 heteroatoms. The maximum Gasteiger partial charge on any atom is 0.435 e. The first-order valence-corrected chi connectivity index (χ1v) is 7.16. The summed E-state index contributed by atoms with van der Waals surface area (Å²) in [5.41, 5.74) is -1.47. The van der Waals surface area contributed by atoms with Crippen molar-refractivity contribution in [2.75, 3.05) is 0 Å². The van der Waals surface area contributed by atoms with E-state index in [4.69, 9.17) is 4.74 Å². The van der Waals surface area contributed by atoms with Crippen molar-refractivity contribution in [2.45, 2.75) is 63.9 Å². The van der Waals surface area contributed by atoms with Crippen molar-refractivity contribution in [3.05, 3.63) is 18.0 Å². The lowest BCUT2D eigenvalue weighted by Crippen LogP contribution is -2.38. The standard InChI is InChI=1S/C14H20F3N3O2/c1-13(2,3)22-12(21)18-9-4-5-10(8-9)20-7-6-11(19-20)14(15,16)17/h6-7,9-10H,4-5,8H2,1-3H3,(H,18,21)/t9-,10+/m0/s1. The van der Waals surface area contributed by atoms with E-state index in [1.165, 1.54) is 10.9 Å². The van der Waals surface area contributed by atoms with Crippen LogP contribution in [0, 0.1) is 0 Å². The summed E-state index contributed by atoms with van der Waals surface area (Å²) in [6, 6.07) is 0.712. The Hall–Kier alpha value is -1.73.